The second-order valence-corrected chi connectivity index (χ2v) is 7.08. The fourth-order valence-corrected chi connectivity index (χ4v) is 4.61. The Morgan fingerprint density at radius 2 is 1.76 bits per heavy atom. The maximum atomic E-state index is 12.0. The van der Waals surface area contributed by atoms with Gasteiger partial charge in [0.2, 0.25) is 0 Å². The summed E-state index contributed by atoms with van der Waals surface area (Å²) in [6.45, 7) is 0. The zero-order valence-electron chi connectivity index (χ0n) is 10.6. The molecule has 2 heterocycles. The summed E-state index contributed by atoms with van der Waals surface area (Å²) < 4.78 is 27.8. The van der Waals surface area contributed by atoms with Crippen molar-refractivity contribution in [1.82, 2.24) is 9.97 Å². The number of nitrogens with zero attached hydrogens (tertiary/aromatic N) is 2. The first-order chi connectivity index (χ1) is 10.1. The van der Waals surface area contributed by atoms with E-state index in [1.165, 1.54) is 11.8 Å². The molecular formula is C14H9N3O2S2. The number of fused-ring (bicyclic) bond motifs is 2. The normalized spacial score (nSPS) is 15.9. The molecule has 0 radical (unpaired) electrons. The molecule has 0 saturated carbocycles. The summed E-state index contributed by atoms with van der Waals surface area (Å²) in [4.78, 5) is 7.84. The third kappa shape index (κ3) is 2.05. The fraction of sp³-hybridized carbons (Fsp3) is 0. The van der Waals surface area contributed by atoms with E-state index in [2.05, 4.69) is 14.4 Å². The number of para-hydroxylation sites is 2. The van der Waals surface area contributed by atoms with Crippen molar-refractivity contribution in [3.8, 4) is 0 Å². The Bertz CT molecular complexity index is 957. The van der Waals surface area contributed by atoms with Crippen LogP contribution in [-0.4, -0.2) is 23.4 Å². The van der Waals surface area contributed by atoms with Gasteiger partial charge in [0.1, 0.15) is 5.04 Å². The molecule has 4 rings (SSSR count). The van der Waals surface area contributed by atoms with E-state index in [0.29, 0.717) is 15.8 Å². The Hall–Kier alpha value is -2.12. The highest BCUT2D eigenvalue weighted by Crippen LogP contribution is 2.33. The summed E-state index contributed by atoms with van der Waals surface area (Å²) in [7, 11) is -3.58. The minimum absolute atomic E-state index is 0.253. The lowest BCUT2D eigenvalue weighted by Gasteiger charge is -1.98. The van der Waals surface area contributed by atoms with Crippen molar-refractivity contribution in [2.45, 2.75) is 10.1 Å². The fourth-order valence-electron chi connectivity index (χ4n) is 2.22. The molecule has 1 aliphatic heterocycles. The molecule has 0 saturated heterocycles. The zero-order valence-corrected chi connectivity index (χ0v) is 12.3. The van der Waals surface area contributed by atoms with Gasteiger partial charge in [0, 0.05) is 5.56 Å². The van der Waals surface area contributed by atoms with E-state index in [9.17, 15) is 8.42 Å². The number of H-pyrrole nitrogens is 1. The second kappa shape index (κ2) is 4.44. The first-order valence-electron chi connectivity index (χ1n) is 6.20. The van der Waals surface area contributed by atoms with E-state index < -0.39 is 10.0 Å². The summed E-state index contributed by atoms with van der Waals surface area (Å²) in [6, 6.07) is 14.5. The molecule has 3 aromatic rings. The zero-order chi connectivity index (χ0) is 14.4. The van der Waals surface area contributed by atoms with Crippen LogP contribution in [0, 0.1) is 0 Å². The van der Waals surface area contributed by atoms with Gasteiger partial charge < -0.3 is 4.98 Å². The number of sulfonamides is 1. The van der Waals surface area contributed by atoms with Crippen molar-refractivity contribution in [2.75, 3.05) is 0 Å². The highest BCUT2D eigenvalue weighted by atomic mass is 32.2. The standard InChI is InChI=1S/C14H9N3O2S2/c18-21(19)12-8-4-1-5-9(12)13(17-21)20-14-15-10-6-2-3-7-11(10)16-14/h1-8H,(H,15,16). The third-order valence-electron chi connectivity index (χ3n) is 3.16. The molecular weight excluding hydrogens is 306 g/mol. The Morgan fingerprint density at radius 1 is 1.00 bits per heavy atom. The van der Waals surface area contributed by atoms with Gasteiger partial charge in [-0.15, -0.1) is 0 Å². The Balaban J connectivity index is 1.78. The van der Waals surface area contributed by atoms with Gasteiger partial charge in [-0.1, -0.05) is 30.3 Å². The molecule has 0 amide bonds. The Labute approximate surface area is 125 Å². The van der Waals surface area contributed by atoms with Crippen molar-refractivity contribution >= 4 is 37.9 Å². The predicted molar refractivity (Wildman–Crippen MR) is 82.1 cm³/mol. The lowest BCUT2D eigenvalue weighted by Crippen LogP contribution is -1.93. The van der Waals surface area contributed by atoms with Crippen molar-refractivity contribution < 1.29 is 8.42 Å². The lowest BCUT2D eigenvalue weighted by atomic mass is 10.2. The largest absolute Gasteiger partial charge is 0.333 e. The average Bonchev–Trinajstić information content (AvgIpc) is 2.98. The molecule has 104 valence electrons. The van der Waals surface area contributed by atoms with Crippen LogP contribution in [0.3, 0.4) is 0 Å². The van der Waals surface area contributed by atoms with Crippen molar-refractivity contribution in [3.05, 3.63) is 54.1 Å². The van der Waals surface area contributed by atoms with Crippen LogP contribution >= 0.6 is 11.8 Å². The summed E-state index contributed by atoms with van der Waals surface area (Å²) in [5.74, 6) is 0. The first-order valence-corrected chi connectivity index (χ1v) is 8.46. The number of hydrogen-bond acceptors (Lipinski definition) is 4. The van der Waals surface area contributed by atoms with Crippen LogP contribution in [0.25, 0.3) is 11.0 Å². The van der Waals surface area contributed by atoms with Gasteiger partial charge in [-0.2, -0.15) is 12.8 Å². The molecule has 1 N–H and O–H groups in total. The van der Waals surface area contributed by atoms with Gasteiger partial charge in [-0.05, 0) is 30.0 Å². The molecule has 0 bridgehead atoms. The van der Waals surface area contributed by atoms with E-state index in [0.717, 1.165) is 11.0 Å². The molecule has 0 fully saturated rings. The van der Waals surface area contributed by atoms with Gasteiger partial charge in [0.05, 0.1) is 15.9 Å². The second-order valence-electron chi connectivity index (χ2n) is 4.53. The Kier molecular flexibility index (Phi) is 2.66. The van der Waals surface area contributed by atoms with Gasteiger partial charge in [0.15, 0.2) is 5.16 Å². The molecule has 21 heavy (non-hydrogen) atoms. The summed E-state index contributed by atoms with van der Waals surface area (Å²) >= 11 is 1.23. The van der Waals surface area contributed by atoms with Crippen LogP contribution in [0.4, 0.5) is 0 Å². The number of hydrogen-bond donors (Lipinski definition) is 1. The van der Waals surface area contributed by atoms with E-state index >= 15 is 0 Å². The first kappa shape index (κ1) is 12.6. The van der Waals surface area contributed by atoms with Gasteiger partial charge >= 0.3 is 0 Å². The van der Waals surface area contributed by atoms with Crippen molar-refractivity contribution in [2.24, 2.45) is 4.40 Å². The summed E-state index contributed by atoms with van der Waals surface area (Å²) in [5.41, 5.74) is 2.38. The number of aromatic nitrogens is 2. The van der Waals surface area contributed by atoms with E-state index in [-0.39, 0.29) is 4.90 Å². The van der Waals surface area contributed by atoms with Crippen LogP contribution in [0.5, 0.6) is 0 Å². The van der Waals surface area contributed by atoms with Crippen LogP contribution in [-0.2, 0) is 10.0 Å². The molecule has 0 spiro atoms. The molecule has 0 aliphatic carbocycles. The maximum Gasteiger partial charge on any atom is 0.284 e. The monoisotopic (exact) mass is 315 g/mol. The van der Waals surface area contributed by atoms with E-state index in [1.807, 2.05) is 24.3 Å². The predicted octanol–water partition coefficient (Wildman–Crippen LogP) is 2.80. The number of rotatable bonds is 1. The van der Waals surface area contributed by atoms with Crippen molar-refractivity contribution in [1.29, 1.82) is 0 Å². The van der Waals surface area contributed by atoms with Gasteiger partial charge in [-0.3, -0.25) is 0 Å². The smallest absolute Gasteiger partial charge is 0.284 e. The minimum atomic E-state index is -3.58. The lowest BCUT2D eigenvalue weighted by molar-refractivity contribution is 0.599. The molecule has 7 heteroatoms. The number of benzene rings is 2. The molecule has 0 unspecified atom stereocenters. The molecule has 1 aromatic heterocycles. The van der Waals surface area contributed by atoms with Crippen LogP contribution in [0.2, 0.25) is 0 Å². The molecule has 2 aromatic carbocycles. The quantitative estimate of drug-likeness (QED) is 0.749. The number of imidazole rings is 1. The molecule has 5 nitrogen and oxygen atoms in total. The molecule has 0 atom stereocenters. The minimum Gasteiger partial charge on any atom is -0.333 e. The average molecular weight is 315 g/mol. The SMILES string of the molecule is O=S1(=O)N=C(Sc2nc3ccccc3[nH]2)c2ccccc21. The highest BCUT2D eigenvalue weighted by molar-refractivity contribution is 8.15. The van der Waals surface area contributed by atoms with Crippen LogP contribution in [0.15, 0.2) is 63.0 Å². The number of thioether (sulfide) groups is 1. The topological polar surface area (TPSA) is 75.2 Å². The van der Waals surface area contributed by atoms with Gasteiger partial charge in [0.25, 0.3) is 10.0 Å². The number of nitrogens with one attached hydrogen (secondary N) is 1. The number of aromatic amines is 1. The third-order valence-corrected chi connectivity index (χ3v) is 5.50. The molecule has 1 aliphatic rings. The summed E-state index contributed by atoms with van der Waals surface area (Å²) in [6.07, 6.45) is 0. The van der Waals surface area contributed by atoms with E-state index in [1.54, 1.807) is 24.3 Å². The van der Waals surface area contributed by atoms with Crippen LogP contribution < -0.4 is 0 Å². The maximum absolute atomic E-state index is 12.0. The van der Waals surface area contributed by atoms with E-state index in [4.69, 9.17) is 0 Å². The van der Waals surface area contributed by atoms with Crippen LogP contribution in [0.1, 0.15) is 5.56 Å². The van der Waals surface area contributed by atoms with Gasteiger partial charge in [-0.25, -0.2) is 4.98 Å². The highest BCUT2D eigenvalue weighted by Gasteiger charge is 2.29. The van der Waals surface area contributed by atoms with Crippen molar-refractivity contribution in [3.63, 3.8) is 0 Å². The summed E-state index contributed by atoms with van der Waals surface area (Å²) in [5, 5.41) is 1.08. The Morgan fingerprint density at radius 3 is 2.62 bits per heavy atom.